The summed E-state index contributed by atoms with van der Waals surface area (Å²) in [6.07, 6.45) is 1.60. The van der Waals surface area contributed by atoms with Crippen molar-refractivity contribution in [2.45, 2.75) is 13.2 Å². The number of amides is 1. The van der Waals surface area contributed by atoms with E-state index >= 15 is 0 Å². The number of benzene rings is 3. The normalized spacial score (nSPS) is 14.3. The molecule has 1 aliphatic rings. The third kappa shape index (κ3) is 6.89. The molecular weight excluding hydrogens is 438 g/mol. The molecule has 0 spiro atoms. The molecule has 3 aromatic carbocycles. The largest absolute Gasteiger partial charge is 0.489 e. The lowest BCUT2D eigenvalue weighted by Gasteiger charge is -2.26. The van der Waals surface area contributed by atoms with Gasteiger partial charge in [0.05, 0.1) is 19.4 Å². The third-order valence-corrected chi connectivity index (χ3v) is 5.71. The summed E-state index contributed by atoms with van der Waals surface area (Å²) in [4.78, 5) is 14.7. The molecule has 0 unspecified atom stereocenters. The molecule has 0 radical (unpaired) electrons. The highest BCUT2D eigenvalue weighted by Crippen LogP contribution is 2.18. The van der Waals surface area contributed by atoms with E-state index in [4.69, 9.17) is 21.1 Å². The van der Waals surface area contributed by atoms with E-state index in [0.717, 1.165) is 49.7 Å². The zero-order valence-corrected chi connectivity index (χ0v) is 19.0. The van der Waals surface area contributed by atoms with Crippen LogP contribution in [0, 0.1) is 0 Å². The molecule has 0 saturated carbocycles. The SMILES string of the molecule is O=C(N/N=C\c1ccc(OCc2ccccc2Cl)cc1)c1ccc(CN2CCOCC2)cc1. The van der Waals surface area contributed by atoms with E-state index in [1.165, 1.54) is 5.56 Å². The maximum atomic E-state index is 12.4. The average molecular weight is 464 g/mol. The number of nitrogens with one attached hydrogen (secondary N) is 1. The molecule has 1 aliphatic heterocycles. The zero-order valence-electron chi connectivity index (χ0n) is 18.2. The first-order valence-corrected chi connectivity index (χ1v) is 11.2. The fourth-order valence-corrected chi connectivity index (χ4v) is 3.63. The van der Waals surface area contributed by atoms with Crippen molar-refractivity contribution in [1.29, 1.82) is 0 Å². The van der Waals surface area contributed by atoms with Crippen molar-refractivity contribution in [2.75, 3.05) is 26.3 Å². The smallest absolute Gasteiger partial charge is 0.271 e. The van der Waals surface area contributed by atoms with Crippen molar-refractivity contribution < 1.29 is 14.3 Å². The highest BCUT2D eigenvalue weighted by atomic mass is 35.5. The van der Waals surface area contributed by atoms with E-state index in [-0.39, 0.29) is 5.91 Å². The lowest BCUT2D eigenvalue weighted by molar-refractivity contribution is 0.0342. The summed E-state index contributed by atoms with van der Waals surface area (Å²) in [5, 5.41) is 4.75. The molecule has 1 fully saturated rings. The van der Waals surface area contributed by atoms with Crippen molar-refractivity contribution >= 4 is 23.7 Å². The number of morpholine rings is 1. The highest BCUT2D eigenvalue weighted by molar-refractivity contribution is 6.31. The number of hydrazone groups is 1. The van der Waals surface area contributed by atoms with Gasteiger partial charge in [0.15, 0.2) is 0 Å². The van der Waals surface area contributed by atoms with Crippen LogP contribution in [0.4, 0.5) is 0 Å². The molecule has 1 heterocycles. The van der Waals surface area contributed by atoms with Crippen molar-refractivity contribution in [3.05, 3.63) is 100 Å². The molecule has 6 nitrogen and oxygen atoms in total. The second-order valence-electron chi connectivity index (χ2n) is 7.73. The molecule has 33 heavy (non-hydrogen) atoms. The Morgan fingerprint density at radius 2 is 1.76 bits per heavy atom. The van der Waals surface area contributed by atoms with E-state index in [1.54, 1.807) is 6.21 Å². The quantitative estimate of drug-likeness (QED) is 0.394. The van der Waals surface area contributed by atoms with Crippen LogP contribution in [0.15, 0.2) is 77.9 Å². The fourth-order valence-electron chi connectivity index (χ4n) is 3.44. The maximum Gasteiger partial charge on any atom is 0.271 e. The molecule has 0 aromatic heterocycles. The minimum absolute atomic E-state index is 0.246. The summed E-state index contributed by atoms with van der Waals surface area (Å²) >= 11 is 6.15. The predicted octanol–water partition coefficient (Wildman–Crippen LogP) is 4.52. The first kappa shape index (κ1) is 23.0. The predicted molar refractivity (Wildman–Crippen MR) is 130 cm³/mol. The van der Waals surface area contributed by atoms with Gasteiger partial charge >= 0.3 is 0 Å². The monoisotopic (exact) mass is 463 g/mol. The average Bonchev–Trinajstić information content (AvgIpc) is 2.85. The first-order valence-electron chi connectivity index (χ1n) is 10.9. The first-order chi connectivity index (χ1) is 16.2. The minimum atomic E-state index is -0.246. The molecule has 0 bridgehead atoms. The van der Waals surface area contributed by atoms with Gasteiger partial charge in [-0.15, -0.1) is 0 Å². The van der Waals surface area contributed by atoms with Gasteiger partial charge in [0.2, 0.25) is 0 Å². The summed E-state index contributed by atoms with van der Waals surface area (Å²) in [5.74, 6) is 0.483. The van der Waals surface area contributed by atoms with Gasteiger partial charge in [-0.05, 0) is 53.6 Å². The third-order valence-electron chi connectivity index (χ3n) is 5.34. The second kappa shape index (κ2) is 11.6. The molecule has 3 aromatic rings. The summed E-state index contributed by atoms with van der Waals surface area (Å²) in [6, 6.07) is 22.7. The Morgan fingerprint density at radius 3 is 2.48 bits per heavy atom. The Hall–Kier alpha value is -3.19. The Morgan fingerprint density at radius 1 is 1.03 bits per heavy atom. The van der Waals surface area contributed by atoms with Gasteiger partial charge in [0.25, 0.3) is 5.91 Å². The Labute approximate surface area is 198 Å². The number of rotatable bonds is 8. The molecule has 0 aliphatic carbocycles. The number of halogens is 1. The van der Waals surface area contributed by atoms with Gasteiger partial charge in [-0.3, -0.25) is 9.69 Å². The van der Waals surface area contributed by atoms with Gasteiger partial charge in [-0.1, -0.05) is 41.9 Å². The van der Waals surface area contributed by atoms with Crippen LogP contribution in [-0.4, -0.2) is 43.3 Å². The number of carbonyl (C=O) groups excluding carboxylic acids is 1. The van der Waals surface area contributed by atoms with Crippen molar-refractivity contribution in [2.24, 2.45) is 5.10 Å². The Bertz CT molecular complexity index is 1080. The van der Waals surface area contributed by atoms with Gasteiger partial charge in [0.1, 0.15) is 12.4 Å². The van der Waals surface area contributed by atoms with Crippen LogP contribution >= 0.6 is 11.6 Å². The summed E-state index contributed by atoms with van der Waals surface area (Å²) in [7, 11) is 0. The Kier molecular flexibility index (Phi) is 8.09. The fraction of sp³-hybridized carbons (Fsp3) is 0.231. The topological polar surface area (TPSA) is 63.2 Å². The van der Waals surface area contributed by atoms with Gasteiger partial charge < -0.3 is 9.47 Å². The maximum absolute atomic E-state index is 12.4. The van der Waals surface area contributed by atoms with Crippen LogP contribution in [0.5, 0.6) is 5.75 Å². The molecule has 1 amide bonds. The van der Waals surface area contributed by atoms with Gasteiger partial charge in [-0.2, -0.15) is 5.10 Å². The van der Waals surface area contributed by atoms with E-state index in [9.17, 15) is 4.79 Å². The zero-order chi connectivity index (χ0) is 22.9. The summed E-state index contributed by atoms with van der Waals surface area (Å²) in [6.45, 7) is 4.68. The molecule has 1 saturated heterocycles. The van der Waals surface area contributed by atoms with E-state index in [1.807, 2.05) is 72.8 Å². The van der Waals surface area contributed by atoms with Crippen LogP contribution in [0.1, 0.15) is 27.0 Å². The lowest BCUT2D eigenvalue weighted by atomic mass is 10.1. The minimum Gasteiger partial charge on any atom is -0.489 e. The number of nitrogens with zero attached hydrogens (tertiary/aromatic N) is 2. The number of ether oxygens (including phenoxy) is 2. The van der Waals surface area contributed by atoms with Crippen molar-refractivity contribution in [3.63, 3.8) is 0 Å². The van der Waals surface area contributed by atoms with Crippen LogP contribution in [0.3, 0.4) is 0 Å². The number of hydrogen-bond donors (Lipinski definition) is 1. The molecule has 7 heteroatoms. The van der Waals surface area contributed by atoms with Crippen LogP contribution < -0.4 is 10.2 Å². The molecule has 4 rings (SSSR count). The number of carbonyl (C=O) groups is 1. The number of hydrogen-bond acceptors (Lipinski definition) is 5. The second-order valence-corrected chi connectivity index (χ2v) is 8.14. The van der Waals surface area contributed by atoms with Crippen molar-refractivity contribution in [3.8, 4) is 5.75 Å². The molecule has 1 N–H and O–H groups in total. The van der Waals surface area contributed by atoms with Crippen LogP contribution in [0.25, 0.3) is 0 Å². The Balaban J connectivity index is 1.24. The molecular formula is C26H26ClN3O3. The van der Waals surface area contributed by atoms with E-state index < -0.39 is 0 Å². The van der Waals surface area contributed by atoms with Crippen LogP contribution in [0.2, 0.25) is 5.02 Å². The van der Waals surface area contributed by atoms with Gasteiger partial charge in [0, 0.05) is 35.8 Å². The van der Waals surface area contributed by atoms with Gasteiger partial charge in [-0.25, -0.2) is 5.43 Å². The van der Waals surface area contributed by atoms with E-state index in [2.05, 4.69) is 15.4 Å². The summed E-state index contributed by atoms with van der Waals surface area (Å²) < 4.78 is 11.2. The standard InChI is InChI=1S/C26H26ClN3O3/c27-25-4-2-1-3-23(25)19-33-24-11-7-20(8-12-24)17-28-29-26(31)22-9-5-21(6-10-22)18-30-13-15-32-16-14-30/h1-12,17H,13-16,18-19H2,(H,29,31)/b28-17-. The van der Waals surface area contributed by atoms with E-state index in [0.29, 0.717) is 17.2 Å². The lowest BCUT2D eigenvalue weighted by Crippen LogP contribution is -2.35. The molecule has 0 atom stereocenters. The molecule has 170 valence electrons. The van der Waals surface area contributed by atoms with Crippen molar-refractivity contribution in [1.82, 2.24) is 10.3 Å². The summed E-state index contributed by atoms with van der Waals surface area (Å²) in [5.41, 5.74) is 6.10. The highest BCUT2D eigenvalue weighted by Gasteiger charge is 2.11. The van der Waals surface area contributed by atoms with Crippen LogP contribution in [-0.2, 0) is 17.9 Å².